The van der Waals surface area contributed by atoms with Crippen molar-refractivity contribution < 1.29 is 27.5 Å². The highest BCUT2D eigenvalue weighted by Crippen LogP contribution is 2.30. The van der Waals surface area contributed by atoms with E-state index in [2.05, 4.69) is 10.4 Å². The molecule has 2 amide bonds. The molecule has 150 valence electrons. The van der Waals surface area contributed by atoms with Gasteiger partial charge in [0.25, 0.3) is 5.91 Å². The van der Waals surface area contributed by atoms with E-state index in [1.54, 1.807) is 19.2 Å². The Morgan fingerprint density at radius 1 is 1.32 bits per heavy atom. The normalized spacial score (nSPS) is 20.3. The van der Waals surface area contributed by atoms with Gasteiger partial charge >= 0.3 is 6.18 Å². The third kappa shape index (κ3) is 4.50. The molecule has 0 radical (unpaired) electrons. The number of hydrogen-bond acceptors (Lipinski definition) is 4. The number of nitrogens with one attached hydrogen (secondary N) is 1. The van der Waals surface area contributed by atoms with E-state index in [4.69, 9.17) is 4.74 Å². The van der Waals surface area contributed by atoms with Gasteiger partial charge in [0.15, 0.2) is 6.10 Å². The smallest absolute Gasteiger partial charge is 0.356 e. The molecule has 1 fully saturated rings. The van der Waals surface area contributed by atoms with Crippen molar-refractivity contribution in [3.05, 3.63) is 47.8 Å². The molecule has 2 atom stereocenters. The maximum absolute atomic E-state index is 12.7. The van der Waals surface area contributed by atoms with E-state index in [-0.39, 0.29) is 18.2 Å². The highest BCUT2D eigenvalue weighted by molar-refractivity contribution is 5.96. The lowest BCUT2D eigenvalue weighted by molar-refractivity contribution is -0.160. The maximum Gasteiger partial charge on any atom is 0.408 e. The van der Waals surface area contributed by atoms with Gasteiger partial charge in [0.2, 0.25) is 5.91 Å². The van der Waals surface area contributed by atoms with Crippen molar-refractivity contribution in [2.45, 2.75) is 31.8 Å². The van der Waals surface area contributed by atoms with Crippen molar-refractivity contribution in [1.29, 1.82) is 0 Å². The summed E-state index contributed by atoms with van der Waals surface area (Å²) in [6.45, 7) is 0.398. The Kier molecular flexibility index (Phi) is 5.41. The number of carbonyl (C=O) groups excluding carboxylic acids is 2. The monoisotopic (exact) mass is 396 g/mol. The molecule has 1 N–H and O–H groups in total. The number of likely N-dealkylation sites (N-methyl/N-ethyl adjacent to an activating group) is 1. The predicted octanol–water partition coefficient (Wildman–Crippen LogP) is 2.29. The number of hydrogen-bond donors (Lipinski definition) is 1. The van der Waals surface area contributed by atoms with Gasteiger partial charge in [0, 0.05) is 13.2 Å². The fraction of sp³-hybridized carbons (Fsp3) is 0.389. The molecular formula is C18H19F3N4O3. The minimum absolute atomic E-state index is 0.111. The van der Waals surface area contributed by atoms with Crippen molar-refractivity contribution in [2.24, 2.45) is 0 Å². The first-order valence-corrected chi connectivity index (χ1v) is 8.48. The van der Waals surface area contributed by atoms with E-state index < -0.39 is 30.8 Å². The summed E-state index contributed by atoms with van der Waals surface area (Å²) < 4.78 is 43.5. The molecule has 2 heterocycles. The van der Waals surface area contributed by atoms with Crippen molar-refractivity contribution in [3.8, 4) is 0 Å². The van der Waals surface area contributed by atoms with Crippen LogP contribution in [0.1, 0.15) is 17.2 Å². The summed E-state index contributed by atoms with van der Waals surface area (Å²) in [5, 5.41) is 6.10. The molecule has 3 rings (SSSR count). The van der Waals surface area contributed by atoms with Crippen molar-refractivity contribution >= 4 is 17.5 Å². The molecule has 7 nitrogen and oxygen atoms in total. The Morgan fingerprint density at radius 3 is 2.64 bits per heavy atom. The highest BCUT2D eigenvalue weighted by Gasteiger charge is 2.40. The molecule has 28 heavy (non-hydrogen) atoms. The zero-order valence-corrected chi connectivity index (χ0v) is 15.2. The highest BCUT2D eigenvalue weighted by atomic mass is 19.4. The lowest BCUT2D eigenvalue weighted by Crippen LogP contribution is -2.51. The van der Waals surface area contributed by atoms with Gasteiger partial charge in [0.1, 0.15) is 13.2 Å². The topological polar surface area (TPSA) is 76.5 Å². The summed E-state index contributed by atoms with van der Waals surface area (Å²) in [7, 11) is 1.58. The summed E-state index contributed by atoms with van der Waals surface area (Å²) >= 11 is 0. The molecular weight excluding hydrogens is 377 g/mol. The first-order valence-electron chi connectivity index (χ1n) is 8.48. The third-order valence-corrected chi connectivity index (χ3v) is 4.40. The molecule has 0 spiro atoms. The number of amides is 2. The van der Waals surface area contributed by atoms with E-state index >= 15 is 0 Å². The summed E-state index contributed by atoms with van der Waals surface area (Å²) in [4.78, 5) is 26.2. The summed E-state index contributed by atoms with van der Waals surface area (Å²) in [5.41, 5.74) is 1.85. The molecule has 0 saturated carbocycles. The van der Waals surface area contributed by atoms with E-state index in [9.17, 15) is 22.8 Å². The van der Waals surface area contributed by atoms with Crippen LogP contribution in [0, 0.1) is 6.92 Å². The SMILES string of the molecule is Cc1ccc(C2C(C(=O)Nc3cnn(CC(F)(F)F)c3)OCC(=O)N2C)cc1. The number of rotatable bonds is 4. The van der Waals surface area contributed by atoms with Crippen LogP contribution in [0.4, 0.5) is 18.9 Å². The van der Waals surface area contributed by atoms with Crippen LogP contribution in [0.5, 0.6) is 0 Å². The summed E-state index contributed by atoms with van der Waals surface area (Å²) in [5.74, 6) is -0.843. The molecule has 0 aliphatic carbocycles. The number of aromatic nitrogens is 2. The second kappa shape index (κ2) is 7.63. The second-order valence-corrected chi connectivity index (χ2v) is 6.62. The van der Waals surface area contributed by atoms with E-state index in [0.29, 0.717) is 10.2 Å². The van der Waals surface area contributed by atoms with Crippen LogP contribution in [-0.2, 0) is 20.9 Å². The lowest BCUT2D eigenvalue weighted by Gasteiger charge is -2.38. The van der Waals surface area contributed by atoms with Gasteiger partial charge in [-0.3, -0.25) is 14.3 Å². The second-order valence-electron chi connectivity index (χ2n) is 6.62. The Hall–Kier alpha value is -2.88. The maximum atomic E-state index is 12.7. The van der Waals surface area contributed by atoms with Gasteiger partial charge in [-0.1, -0.05) is 29.8 Å². The van der Waals surface area contributed by atoms with Crippen molar-refractivity contribution in [1.82, 2.24) is 14.7 Å². The van der Waals surface area contributed by atoms with Gasteiger partial charge in [0.05, 0.1) is 17.9 Å². The van der Waals surface area contributed by atoms with Crippen LogP contribution < -0.4 is 5.32 Å². The molecule has 1 saturated heterocycles. The number of carbonyl (C=O) groups is 2. The fourth-order valence-corrected chi connectivity index (χ4v) is 3.01. The summed E-state index contributed by atoms with van der Waals surface area (Å²) in [6, 6.07) is 6.67. The largest absolute Gasteiger partial charge is 0.408 e. The molecule has 1 aliphatic rings. The Labute approximate surface area is 159 Å². The van der Waals surface area contributed by atoms with Crippen molar-refractivity contribution in [3.63, 3.8) is 0 Å². The number of morpholine rings is 1. The van der Waals surface area contributed by atoms with E-state index in [1.807, 2.05) is 19.1 Å². The zero-order chi connectivity index (χ0) is 20.5. The third-order valence-electron chi connectivity index (χ3n) is 4.40. The van der Waals surface area contributed by atoms with E-state index in [0.717, 1.165) is 18.0 Å². The fourth-order valence-electron chi connectivity index (χ4n) is 3.01. The van der Waals surface area contributed by atoms with Crippen LogP contribution in [0.25, 0.3) is 0 Å². The number of alkyl halides is 3. The van der Waals surface area contributed by atoms with Crippen LogP contribution in [-0.4, -0.2) is 52.4 Å². The van der Waals surface area contributed by atoms with Crippen LogP contribution in [0.15, 0.2) is 36.7 Å². The van der Waals surface area contributed by atoms with Crippen LogP contribution in [0.3, 0.4) is 0 Å². The van der Waals surface area contributed by atoms with Gasteiger partial charge in [-0.15, -0.1) is 0 Å². The van der Waals surface area contributed by atoms with Gasteiger partial charge in [-0.05, 0) is 12.5 Å². The van der Waals surface area contributed by atoms with Gasteiger partial charge in [-0.25, -0.2) is 0 Å². The van der Waals surface area contributed by atoms with Crippen LogP contribution in [0.2, 0.25) is 0 Å². The Bertz CT molecular complexity index is 864. The number of benzene rings is 1. The number of halogens is 3. The standard InChI is InChI=1S/C18H19F3N4O3/c1-11-3-5-12(6-4-11)15-16(28-9-14(26)24(15)2)17(27)23-13-7-22-25(8-13)10-18(19,20)21/h3-8,15-16H,9-10H2,1-2H3,(H,23,27). The van der Waals surface area contributed by atoms with Gasteiger partial charge in [-0.2, -0.15) is 18.3 Å². The molecule has 0 bridgehead atoms. The molecule has 10 heteroatoms. The molecule has 1 aromatic carbocycles. The van der Waals surface area contributed by atoms with Gasteiger partial charge < -0.3 is 15.0 Å². The minimum Gasteiger partial charge on any atom is -0.356 e. The Balaban J connectivity index is 1.78. The molecule has 2 unspecified atom stereocenters. The Morgan fingerprint density at radius 2 is 2.00 bits per heavy atom. The molecule has 1 aromatic heterocycles. The number of ether oxygens (including phenoxy) is 1. The predicted molar refractivity (Wildman–Crippen MR) is 93.3 cm³/mol. The molecule has 1 aliphatic heterocycles. The van der Waals surface area contributed by atoms with Crippen LogP contribution >= 0.6 is 0 Å². The quantitative estimate of drug-likeness (QED) is 0.861. The first kappa shape index (κ1) is 19.9. The lowest BCUT2D eigenvalue weighted by atomic mass is 9.96. The average Bonchev–Trinajstić information content (AvgIpc) is 3.03. The average molecular weight is 396 g/mol. The number of nitrogens with zero attached hydrogens (tertiary/aromatic N) is 3. The number of anilines is 1. The summed E-state index contributed by atoms with van der Waals surface area (Å²) in [6.07, 6.45) is -3.22. The minimum atomic E-state index is -4.42. The van der Waals surface area contributed by atoms with Crippen molar-refractivity contribution in [2.75, 3.05) is 19.0 Å². The molecule has 2 aromatic rings. The zero-order valence-electron chi connectivity index (χ0n) is 15.2. The van der Waals surface area contributed by atoms with E-state index in [1.165, 1.54) is 4.90 Å². The number of aryl methyl sites for hydroxylation is 1. The first-order chi connectivity index (χ1) is 13.1.